The summed E-state index contributed by atoms with van der Waals surface area (Å²) in [6, 6.07) is 3.09. The van der Waals surface area contributed by atoms with Gasteiger partial charge < -0.3 is 10.6 Å². The summed E-state index contributed by atoms with van der Waals surface area (Å²) < 4.78 is 26.2. The van der Waals surface area contributed by atoms with Crippen LogP contribution in [0.15, 0.2) is 23.2 Å². The lowest BCUT2D eigenvalue weighted by atomic mass is 10.4. The zero-order chi connectivity index (χ0) is 15.0. The second-order valence-corrected chi connectivity index (χ2v) is 5.89. The van der Waals surface area contributed by atoms with E-state index in [0.717, 1.165) is 13.0 Å². The van der Waals surface area contributed by atoms with Gasteiger partial charge in [0.1, 0.15) is 10.7 Å². The third-order valence-corrected chi connectivity index (χ3v) is 3.97. The van der Waals surface area contributed by atoms with Crippen LogP contribution in [0.1, 0.15) is 19.8 Å². The number of carbonyl (C=O) groups excluding carboxylic acids is 1. The van der Waals surface area contributed by atoms with Crippen LogP contribution in [0.5, 0.6) is 0 Å². The van der Waals surface area contributed by atoms with Crippen LogP contribution in [0.2, 0.25) is 0 Å². The Bertz CT molecular complexity index is 528. The first-order valence-corrected chi connectivity index (χ1v) is 7.88. The van der Waals surface area contributed by atoms with Crippen molar-refractivity contribution in [2.24, 2.45) is 0 Å². The number of pyridine rings is 1. The minimum Gasteiger partial charge on any atom is -0.370 e. The molecule has 112 valence electrons. The van der Waals surface area contributed by atoms with Crippen molar-refractivity contribution in [1.82, 2.24) is 15.0 Å². The Hall–Kier alpha value is -1.67. The summed E-state index contributed by atoms with van der Waals surface area (Å²) in [4.78, 5) is 15.1. The molecule has 0 radical (unpaired) electrons. The summed E-state index contributed by atoms with van der Waals surface area (Å²) in [5.41, 5.74) is 0. The van der Waals surface area contributed by atoms with Crippen molar-refractivity contribution in [3.05, 3.63) is 18.3 Å². The van der Waals surface area contributed by atoms with Gasteiger partial charge in [-0.25, -0.2) is 18.1 Å². The normalized spacial score (nSPS) is 11.1. The molecule has 0 saturated heterocycles. The second kappa shape index (κ2) is 7.81. The smallest absolute Gasteiger partial charge is 0.242 e. The van der Waals surface area contributed by atoms with Crippen LogP contribution in [-0.2, 0) is 14.8 Å². The van der Waals surface area contributed by atoms with Gasteiger partial charge in [-0.3, -0.25) is 4.79 Å². The molecule has 1 aromatic rings. The topological polar surface area (TPSA) is 100 Å². The predicted molar refractivity (Wildman–Crippen MR) is 76.9 cm³/mol. The Morgan fingerprint density at radius 2 is 2.05 bits per heavy atom. The van der Waals surface area contributed by atoms with Crippen LogP contribution < -0.4 is 15.4 Å². The first-order valence-electron chi connectivity index (χ1n) is 6.39. The molecule has 0 saturated carbocycles. The van der Waals surface area contributed by atoms with Gasteiger partial charge >= 0.3 is 0 Å². The van der Waals surface area contributed by atoms with E-state index in [0.29, 0.717) is 5.82 Å². The molecule has 0 fully saturated rings. The molecule has 3 N–H and O–H groups in total. The number of carbonyl (C=O) groups is 1. The molecule has 0 aliphatic rings. The van der Waals surface area contributed by atoms with E-state index in [4.69, 9.17) is 0 Å². The number of anilines is 1. The maximum atomic E-state index is 11.9. The summed E-state index contributed by atoms with van der Waals surface area (Å²) >= 11 is 0. The Labute approximate surface area is 119 Å². The first kappa shape index (κ1) is 16.4. The molecule has 0 aliphatic carbocycles. The third-order valence-electron chi connectivity index (χ3n) is 2.53. The van der Waals surface area contributed by atoms with E-state index in [1.165, 1.54) is 19.3 Å². The molecule has 7 nitrogen and oxygen atoms in total. The Kier molecular flexibility index (Phi) is 6.40. The zero-order valence-electron chi connectivity index (χ0n) is 11.6. The lowest BCUT2D eigenvalue weighted by Gasteiger charge is -2.07. The predicted octanol–water partition coefficient (Wildman–Crippen LogP) is 0.318. The molecule has 0 unspecified atom stereocenters. The molecule has 1 heterocycles. The van der Waals surface area contributed by atoms with Gasteiger partial charge in [0.25, 0.3) is 0 Å². The van der Waals surface area contributed by atoms with E-state index < -0.39 is 10.0 Å². The van der Waals surface area contributed by atoms with Crippen molar-refractivity contribution in [2.45, 2.75) is 24.7 Å². The SMILES string of the molecule is CCCNc1ccc(S(=O)(=O)NCCC(=O)NC)cn1. The van der Waals surface area contributed by atoms with Gasteiger partial charge in [-0.1, -0.05) is 6.92 Å². The number of nitrogens with zero attached hydrogens (tertiary/aromatic N) is 1. The van der Waals surface area contributed by atoms with E-state index in [-0.39, 0.29) is 23.8 Å². The Morgan fingerprint density at radius 3 is 2.60 bits per heavy atom. The largest absolute Gasteiger partial charge is 0.370 e. The van der Waals surface area contributed by atoms with Crippen LogP contribution in [0.3, 0.4) is 0 Å². The molecular formula is C12H20N4O3S. The van der Waals surface area contributed by atoms with Gasteiger partial charge in [0.05, 0.1) is 0 Å². The number of hydrogen-bond acceptors (Lipinski definition) is 5. The van der Waals surface area contributed by atoms with E-state index >= 15 is 0 Å². The van der Waals surface area contributed by atoms with E-state index in [9.17, 15) is 13.2 Å². The summed E-state index contributed by atoms with van der Waals surface area (Å²) in [5, 5.41) is 5.48. The van der Waals surface area contributed by atoms with Crippen LogP contribution >= 0.6 is 0 Å². The average Bonchev–Trinajstić information content (AvgIpc) is 2.45. The molecule has 1 amide bonds. The van der Waals surface area contributed by atoms with Gasteiger partial charge in [0.15, 0.2) is 0 Å². The summed E-state index contributed by atoms with van der Waals surface area (Å²) in [5.74, 6) is 0.418. The summed E-state index contributed by atoms with van der Waals surface area (Å²) in [6.07, 6.45) is 2.35. The molecule has 8 heteroatoms. The third kappa shape index (κ3) is 5.14. The monoisotopic (exact) mass is 300 g/mol. The van der Waals surface area contributed by atoms with Gasteiger partial charge in [0.2, 0.25) is 15.9 Å². The molecule has 0 aliphatic heterocycles. The quantitative estimate of drug-likeness (QED) is 0.642. The molecular weight excluding hydrogens is 280 g/mol. The minimum atomic E-state index is -3.62. The number of amides is 1. The second-order valence-electron chi connectivity index (χ2n) is 4.13. The fourth-order valence-electron chi connectivity index (χ4n) is 1.40. The van der Waals surface area contributed by atoms with Crippen LogP contribution in [0.25, 0.3) is 0 Å². The zero-order valence-corrected chi connectivity index (χ0v) is 12.5. The van der Waals surface area contributed by atoms with Gasteiger partial charge in [-0.2, -0.15) is 0 Å². The molecule has 20 heavy (non-hydrogen) atoms. The number of rotatable bonds is 8. The van der Waals surface area contributed by atoms with Crippen molar-refractivity contribution in [1.29, 1.82) is 0 Å². The van der Waals surface area contributed by atoms with E-state index in [1.807, 2.05) is 6.92 Å². The van der Waals surface area contributed by atoms with Crippen molar-refractivity contribution >= 4 is 21.7 Å². The van der Waals surface area contributed by atoms with Crippen molar-refractivity contribution in [3.63, 3.8) is 0 Å². The molecule has 1 aromatic heterocycles. The Morgan fingerprint density at radius 1 is 1.30 bits per heavy atom. The molecule has 0 atom stereocenters. The summed E-state index contributed by atoms with van der Waals surface area (Å²) in [7, 11) is -2.12. The standard InChI is InChI=1S/C12H20N4O3S/c1-3-7-14-11-5-4-10(9-15-11)20(18,19)16-8-6-12(17)13-2/h4-5,9,16H,3,6-8H2,1-2H3,(H,13,17)(H,14,15). The summed E-state index contributed by atoms with van der Waals surface area (Å²) in [6.45, 7) is 2.86. The van der Waals surface area contributed by atoms with Crippen LogP contribution in [-0.4, -0.2) is 39.4 Å². The number of nitrogens with one attached hydrogen (secondary N) is 3. The highest BCUT2D eigenvalue weighted by atomic mass is 32.2. The molecule has 0 spiro atoms. The van der Waals surface area contributed by atoms with E-state index in [2.05, 4.69) is 20.3 Å². The van der Waals surface area contributed by atoms with Gasteiger partial charge in [0, 0.05) is 32.8 Å². The lowest BCUT2D eigenvalue weighted by Crippen LogP contribution is -2.29. The maximum absolute atomic E-state index is 11.9. The highest BCUT2D eigenvalue weighted by Gasteiger charge is 2.14. The van der Waals surface area contributed by atoms with Crippen LogP contribution in [0, 0.1) is 0 Å². The highest BCUT2D eigenvalue weighted by Crippen LogP contribution is 2.10. The maximum Gasteiger partial charge on any atom is 0.242 e. The van der Waals surface area contributed by atoms with Gasteiger partial charge in [-0.15, -0.1) is 0 Å². The van der Waals surface area contributed by atoms with Crippen molar-refractivity contribution < 1.29 is 13.2 Å². The van der Waals surface area contributed by atoms with Crippen molar-refractivity contribution in [3.8, 4) is 0 Å². The highest BCUT2D eigenvalue weighted by molar-refractivity contribution is 7.89. The fourth-order valence-corrected chi connectivity index (χ4v) is 2.38. The van der Waals surface area contributed by atoms with E-state index in [1.54, 1.807) is 6.07 Å². The lowest BCUT2D eigenvalue weighted by molar-refractivity contribution is -0.120. The molecule has 0 aromatic carbocycles. The number of sulfonamides is 1. The van der Waals surface area contributed by atoms with Gasteiger partial charge in [-0.05, 0) is 18.6 Å². The van der Waals surface area contributed by atoms with Crippen LogP contribution in [0.4, 0.5) is 5.82 Å². The molecule has 0 bridgehead atoms. The average molecular weight is 300 g/mol. The number of aromatic nitrogens is 1. The minimum absolute atomic E-state index is 0.0534. The fraction of sp³-hybridized carbons (Fsp3) is 0.500. The first-order chi connectivity index (χ1) is 9.49. The van der Waals surface area contributed by atoms with Crippen molar-refractivity contribution in [2.75, 3.05) is 25.5 Å². The Balaban J connectivity index is 2.61. The molecule has 1 rings (SSSR count). The number of hydrogen-bond donors (Lipinski definition) is 3.